The smallest absolute Gasteiger partial charge is 0.127 e. The molecule has 0 fully saturated rings. The average Bonchev–Trinajstić information content (AvgIpc) is 2.63. The Kier molecular flexibility index (Phi) is 8.37. The van der Waals surface area contributed by atoms with E-state index in [9.17, 15) is 0 Å². The van der Waals surface area contributed by atoms with Crippen LogP contribution in [-0.4, -0.2) is 6.21 Å². The summed E-state index contributed by atoms with van der Waals surface area (Å²) < 4.78 is 15.3. The van der Waals surface area contributed by atoms with Crippen LogP contribution in [0.5, 0.6) is 0 Å². The summed E-state index contributed by atoms with van der Waals surface area (Å²) in [5.74, 6) is 0.146. The largest absolute Gasteiger partial charge is 0.308 e. The van der Waals surface area contributed by atoms with Crippen molar-refractivity contribution in [3.63, 3.8) is 0 Å². The number of nitrogens with one attached hydrogen (secondary N) is 1. The second-order valence-electron chi connectivity index (χ2n) is 9.97. The summed E-state index contributed by atoms with van der Waals surface area (Å²) in [5, 5.41) is 8.00. The number of rotatable bonds is 8. The van der Waals surface area contributed by atoms with Crippen molar-refractivity contribution in [2.45, 2.75) is 74.7 Å². The van der Waals surface area contributed by atoms with Crippen LogP contribution in [0.3, 0.4) is 0 Å². The third-order valence-corrected chi connectivity index (χ3v) is 7.02. The normalized spacial score (nSPS) is 13.8. The van der Waals surface area contributed by atoms with Gasteiger partial charge in [-0.2, -0.15) is 0 Å². The van der Waals surface area contributed by atoms with Crippen LogP contribution in [0.1, 0.15) is 80.4 Å². The second kappa shape index (κ2) is 9.73. The van der Waals surface area contributed by atoms with Gasteiger partial charge in [0.15, 0.2) is 0 Å². The monoisotopic (exact) mass is 409 g/mol. The van der Waals surface area contributed by atoms with Crippen LogP contribution in [0.2, 0.25) is 0 Å². The molecule has 0 aliphatic heterocycles. The average molecular weight is 410 g/mol. The first-order chi connectivity index (χ1) is 13.7. The van der Waals surface area contributed by atoms with Crippen LogP contribution in [0.15, 0.2) is 59.2 Å². The molecule has 1 nitrogen and oxygen atoms in total. The zero-order valence-corrected chi connectivity index (χ0v) is 20.6. The van der Waals surface area contributed by atoms with Crippen LogP contribution >= 0.6 is 0 Å². The van der Waals surface area contributed by atoms with Gasteiger partial charge in [0.1, 0.15) is 5.82 Å². The van der Waals surface area contributed by atoms with E-state index in [1.54, 1.807) is 6.07 Å². The lowest BCUT2D eigenvalue weighted by atomic mass is 9.58. The van der Waals surface area contributed by atoms with Gasteiger partial charge in [0.2, 0.25) is 0 Å². The zero-order valence-electron chi connectivity index (χ0n) is 20.6. The van der Waals surface area contributed by atoms with Crippen molar-refractivity contribution in [2.75, 3.05) is 0 Å². The summed E-state index contributed by atoms with van der Waals surface area (Å²) in [6.07, 6.45) is 5.41. The van der Waals surface area contributed by atoms with Crippen LogP contribution < -0.4 is 0 Å². The number of benzene rings is 1. The molecule has 0 saturated carbocycles. The maximum Gasteiger partial charge on any atom is 0.127 e. The Balaban J connectivity index is 3.69. The molecular weight excluding hydrogens is 369 g/mol. The van der Waals surface area contributed by atoms with E-state index in [1.165, 1.54) is 17.9 Å². The second-order valence-corrected chi connectivity index (χ2v) is 9.97. The number of halogens is 1. The van der Waals surface area contributed by atoms with Gasteiger partial charge >= 0.3 is 0 Å². The molecule has 30 heavy (non-hydrogen) atoms. The van der Waals surface area contributed by atoms with E-state index >= 15 is 4.39 Å². The molecule has 0 radical (unpaired) electrons. The summed E-state index contributed by atoms with van der Waals surface area (Å²) in [4.78, 5) is 0. The molecule has 164 valence electrons. The summed E-state index contributed by atoms with van der Waals surface area (Å²) in [7, 11) is 0. The Bertz CT molecular complexity index is 901. The van der Waals surface area contributed by atoms with E-state index in [0.29, 0.717) is 22.6 Å². The Morgan fingerprint density at radius 2 is 1.53 bits per heavy atom. The number of hydrogen-bond donors (Lipinski definition) is 1. The summed E-state index contributed by atoms with van der Waals surface area (Å²) >= 11 is 0. The SMILES string of the molecule is C=C(/C(C=N)=C/C(C)=C(\C)C=C(C)C)c1cccc(F)c1C(C)(C)C(C)(C)C(C)C. The maximum atomic E-state index is 15.3. The van der Waals surface area contributed by atoms with E-state index in [2.05, 4.69) is 75.0 Å². The minimum Gasteiger partial charge on any atom is -0.308 e. The van der Waals surface area contributed by atoms with Gasteiger partial charge in [-0.25, -0.2) is 4.39 Å². The first-order valence-corrected chi connectivity index (χ1v) is 10.7. The topological polar surface area (TPSA) is 23.9 Å². The molecule has 0 atom stereocenters. The fourth-order valence-electron chi connectivity index (χ4n) is 3.72. The molecule has 0 spiro atoms. The van der Waals surface area contributed by atoms with Crippen molar-refractivity contribution in [1.29, 1.82) is 5.41 Å². The van der Waals surface area contributed by atoms with Gasteiger partial charge in [-0.05, 0) is 84.4 Å². The molecular formula is C28H40FN. The van der Waals surface area contributed by atoms with Crippen molar-refractivity contribution in [1.82, 2.24) is 0 Å². The lowest BCUT2D eigenvalue weighted by Crippen LogP contribution is -2.41. The van der Waals surface area contributed by atoms with Crippen molar-refractivity contribution in [3.05, 3.63) is 76.2 Å². The molecule has 0 unspecified atom stereocenters. The molecule has 0 aromatic heterocycles. The highest BCUT2D eigenvalue weighted by atomic mass is 19.1. The van der Waals surface area contributed by atoms with Crippen molar-refractivity contribution < 1.29 is 4.39 Å². The van der Waals surface area contributed by atoms with Gasteiger partial charge in [-0.3, -0.25) is 0 Å². The fraction of sp³-hybridized carbons (Fsp3) is 0.464. The van der Waals surface area contributed by atoms with E-state index in [1.807, 2.05) is 19.1 Å². The lowest BCUT2D eigenvalue weighted by Gasteiger charge is -2.46. The third-order valence-electron chi connectivity index (χ3n) is 7.02. The van der Waals surface area contributed by atoms with Gasteiger partial charge in [0.25, 0.3) is 0 Å². The molecule has 0 heterocycles. The van der Waals surface area contributed by atoms with Crippen LogP contribution in [-0.2, 0) is 5.41 Å². The minimum absolute atomic E-state index is 0.144. The van der Waals surface area contributed by atoms with Crippen molar-refractivity contribution >= 4 is 11.8 Å². The van der Waals surface area contributed by atoms with Crippen LogP contribution in [0, 0.1) is 22.6 Å². The fourth-order valence-corrected chi connectivity index (χ4v) is 3.72. The minimum atomic E-state index is -0.430. The number of hydrogen-bond acceptors (Lipinski definition) is 1. The van der Waals surface area contributed by atoms with Crippen molar-refractivity contribution in [2.24, 2.45) is 11.3 Å². The molecule has 2 heteroatoms. The standard InChI is InChI=1S/C28H40FN/c1-18(2)15-20(5)21(6)16-23(17-30)22(7)24-13-12-14-25(29)26(24)28(10,11)27(8,9)19(3)4/h12-17,19,30H,7H2,1-6,8-11H3/b21-20+,23-16+,30-17?. The summed E-state index contributed by atoms with van der Waals surface area (Å²) in [5.41, 5.74) is 5.67. The quantitative estimate of drug-likeness (QED) is 0.328. The predicted molar refractivity (Wildman–Crippen MR) is 132 cm³/mol. The van der Waals surface area contributed by atoms with E-state index in [-0.39, 0.29) is 11.2 Å². The van der Waals surface area contributed by atoms with E-state index in [4.69, 9.17) is 5.41 Å². The van der Waals surface area contributed by atoms with Gasteiger partial charge in [-0.15, -0.1) is 0 Å². The van der Waals surface area contributed by atoms with Crippen LogP contribution in [0.25, 0.3) is 5.57 Å². The Morgan fingerprint density at radius 1 is 1.00 bits per heavy atom. The Hall–Kier alpha value is -2.22. The molecule has 1 aromatic carbocycles. The highest BCUT2D eigenvalue weighted by molar-refractivity contribution is 6.00. The van der Waals surface area contributed by atoms with Gasteiger partial charge in [-0.1, -0.05) is 71.9 Å². The van der Waals surface area contributed by atoms with E-state index < -0.39 is 5.41 Å². The Morgan fingerprint density at radius 3 is 2.00 bits per heavy atom. The molecule has 0 bridgehead atoms. The zero-order chi connectivity index (χ0) is 23.4. The first kappa shape index (κ1) is 25.8. The van der Waals surface area contributed by atoms with Crippen LogP contribution in [0.4, 0.5) is 4.39 Å². The molecule has 1 rings (SSSR count). The van der Waals surface area contributed by atoms with Gasteiger partial charge in [0.05, 0.1) is 0 Å². The van der Waals surface area contributed by atoms with Gasteiger partial charge in [0, 0.05) is 11.8 Å². The molecule has 0 saturated heterocycles. The summed E-state index contributed by atoms with van der Waals surface area (Å²) in [6, 6.07) is 5.19. The number of allylic oxidation sites excluding steroid dienone is 7. The maximum absolute atomic E-state index is 15.3. The molecule has 1 N–H and O–H groups in total. The third kappa shape index (κ3) is 5.28. The Labute approximate surface area is 184 Å². The first-order valence-electron chi connectivity index (χ1n) is 10.7. The van der Waals surface area contributed by atoms with Crippen molar-refractivity contribution in [3.8, 4) is 0 Å². The molecule has 0 aliphatic carbocycles. The molecule has 0 aliphatic rings. The predicted octanol–water partition coefficient (Wildman–Crippen LogP) is 8.68. The summed E-state index contributed by atoms with van der Waals surface area (Å²) in [6.45, 7) is 25.5. The van der Waals surface area contributed by atoms with Gasteiger partial charge < -0.3 is 5.41 Å². The highest BCUT2D eigenvalue weighted by Gasteiger charge is 2.43. The molecule has 1 aromatic rings. The highest BCUT2D eigenvalue weighted by Crippen LogP contribution is 2.49. The lowest BCUT2D eigenvalue weighted by molar-refractivity contribution is 0.122. The molecule has 0 amide bonds. The van der Waals surface area contributed by atoms with E-state index in [0.717, 1.165) is 16.7 Å².